The zero-order chi connectivity index (χ0) is 19.9. The van der Waals surface area contributed by atoms with E-state index in [0.717, 1.165) is 18.8 Å². The molecule has 0 spiro atoms. The Morgan fingerprint density at radius 3 is 2.00 bits per heavy atom. The lowest BCUT2D eigenvalue weighted by Crippen LogP contribution is -2.16. The second-order valence-electron chi connectivity index (χ2n) is 8.67. The van der Waals surface area contributed by atoms with Crippen molar-refractivity contribution in [2.75, 3.05) is 13.2 Å². The van der Waals surface area contributed by atoms with Crippen molar-refractivity contribution in [2.24, 2.45) is 0 Å². The predicted octanol–water partition coefficient (Wildman–Crippen LogP) is 7.65. The van der Waals surface area contributed by atoms with Gasteiger partial charge in [-0.1, -0.05) is 95.4 Å². The third-order valence-electron chi connectivity index (χ3n) is 5.60. The van der Waals surface area contributed by atoms with E-state index in [2.05, 4.69) is 50.3 Å². The van der Waals surface area contributed by atoms with E-state index >= 15 is 0 Å². The van der Waals surface area contributed by atoms with Crippen LogP contribution in [0.1, 0.15) is 96.5 Å². The van der Waals surface area contributed by atoms with E-state index in [4.69, 9.17) is 9.47 Å². The molecule has 28 heavy (non-hydrogen) atoms. The van der Waals surface area contributed by atoms with Gasteiger partial charge >= 0.3 is 0 Å². The maximum Gasteiger partial charge on any atom is 0.123 e. The van der Waals surface area contributed by atoms with Crippen LogP contribution in [-0.2, 0) is 11.2 Å². The Balaban J connectivity index is 1.40. The smallest absolute Gasteiger partial charge is 0.123 e. The lowest BCUT2D eigenvalue weighted by atomic mass is 10.0. The second kappa shape index (κ2) is 13.8. The summed E-state index contributed by atoms with van der Waals surface area (Å²) in [6.45, 7) is 5.83. The SMILES string of the molecule is CCCCCCCCCCCCC/C=C/Cc1ccc(OCC2(C)CO2)cc1. The Morgan fingerprint density at radius 2 is 1.43 bits per heavy atom. The highest BCUT2D eigenvalue weighted by Crippen LogP contribution is 2.27. The Morgan fingerprint density at radius 1 is 0.857 bits per heavy atom. The van der Waals surface area contributed by atoms with Crippen molar-refractivity contribution in [3.8, 4) is 5.75 Å². The zero-order valence-corrected chi connectivity index (χ0v) is 18.4. The van der Waals surface area contributed by atoms with E-state index in [1.165, 1.54) is 82.6 Å². The number of ether oxygens (including phenoxy) is 2. The zero-order valence-electron chi connectivity index (χ0n) is 18.4. The monoisotopic (exact) mass is 386 g/mol. The molecule has 0 aromatic heterocycles. The van der Waals surface area contributed by atoms with E-state index in [-0.39, 0.29) is 5.60 Å². The molecule has 2 nitrogen and oxygen atoms in total. The van der Waals surface area contributed by atoms with Crippen LogP contribution < -0.4 is 4.74 Å². The molecule has 0 radical (unpaired) electrons. The molecule has 0 saturated carbocycles. The van der Waals surface area contributed by atoms with E-state index in [1.807, 2.05) is 0 Å². The van der Waals surface area contributed by atoms with Crippen molar-refractivity contribution in [1.29, 1.82) is 0 Å². The van der Waals surface area contributed by atoms with E-state index < -0.39 is 0 Å². The van der Waals surface area contributed by atoms with Gasteiger partial charge in [0.25, 0.3) is 0 Å². The Labute approximate surface area is 173 Å². The minimum atomic E-state index is -0.0460. The molecule has 1 aliphatic rings. The molecule has 0 amide bonds. The highest BCUT2D eigenvalue weighted by molar-refractivity contribution is 5.28. The fourth-order valence-electron chi connectivity index (χ4n) is 3.43. The molecule has 2 heteroatoms. The topological polar surface area (TPSA) is 21.8 Å². The minimum absolute atomic E-state index is 0.0460. The van der Waals surface area contributed by atoms with E-state index in [1.54, 1.807) is 0 Å². The summed E-state index contributed by atoms with van der Waals surface area (Å²) in [4.78, 5) is 0. The van der Waals surface area contributed by atoms with Crippen molar-refractivity contribution in [3.05, 3.63) is 42.0 Å². The Kier molecular flexibility index (Phi) is 11.4. The maximum atomic E-state index is 5.77. The lowest BCUT2D eigenvalue weighted by molar-refractivity contribution is 0.202. The fourth-order valence-corrected chi connectivity index (χ4v) is 3.43. The highest BCUT2D eigenvalue weighted by atomic mass is 16.6. The van der Waals surface area contributed by atoms with Gasteiger partial charge in [-0.3, -0.25) is 0 Å². The lowest BCUT2D eigenvalue weighted by Gasteiger charge is -2.09. The first-order valence-electron chi connectivity index (χ1n) is 11.7. The molecule has 1 aromatic rings. The standard InChI is InChI=1S/C26H42O2/c1-3-4-5-6-7-8-9-10-11-12-13-14-15-16-17-24-18-20-25(21-19-24)27-22-26(2)23-28-26/h15-16,18-21H,3-14,17,22-23H2,1-2H3/b16-15+. The number of hydrogen-bond donors (Lipinski definition) is 0. The maximum absolute atomic E-state index is 5.77. The Bertz CT molecular complexity index is 528. The average molecular weight is 387 g/mol. The molecule has 1 unspecified atom stereocenters. The Hall–Kier alpha value is -1.28. The van der Waals surface area contributed by atoms with Gasteiger partial charge in [-0.25, -0.2) is 0 Å². The van der Waals surface area contributed by atoms with Gasteiger partial charge in [0.1, 0.15) is 18.0 Å². The molecule has 1 aliphatic heterocycles. The normalized spacial score (nSPS) is 18.6. The second-order valence-corrected chi connectivity index (χ2v) is 8.67. The highest BCUT2D eigenvalue weighted by Gasteiger charge is 2.40. The van der Waals surface area contributed by atoms with Crippen molar-refractivity contribution in [2.45, 2.75) is 103 Å². The summed E-state index contributed by atoms with van der Waals surface area (Å²) in [5, 5.41) is 0. The number of hydrogen-bond acceptors (Lipinski definition) is 2. The summed E-state index contributed by atoms with van der Waals surface area (Å²) in [6, 6.07) is 8.47. The van der Waals surface area contributed by atoms with E-state index in [0.29, 0.717) is 6.61 Å². The summed E-state index contributed by atoms with van der Waals surface area (Å²) in [5.41, 5.74) is 1.30. The number of benzene rings is 1. The van der Waals surface area contributed by atoms with E-state index in [9.17, 15) is 0 Å². The third-order valence-corrected chi connectivity index (χ3v) is 5.60. The van der Waals surface area contributed by atoms with Gasteiger partial charge in [0.15, 0.2) is 0 Å². The van der Waals surface area contributed by atoms with Crippen molar-refractivity contribution < 1.29 is 9.47 Å². The quantitative estimate of drug-likeness (QED) is 0.156. The molecular formula is C26H42O2. The summed E-state index contributed by atoms with van der Waals surface area (Å²) < 4.78 is 11.1. The van der Waals surface area contributed by atoms with Gasteiger partial charge in [0.05, 0.1) is 6.61 Å². The first-order chi connectivity index (χ1) is 13.7. The largest absolute Gasteiger partial charge is 0.491 e. The van der Waals surface area contributed by atoms with Gasteiger partial charge in [-0.2, -0.15) is 0 Å². The van der Waals surface area contributed by atoms with Gasteiger partial charge in [0, 0.05) is 0 Å². The average Bonchev–Trinajstić information content (AvgIpc) is 3.45. The predicted molar refractivity (Wildman–Crippen MR) is 120 cm³/mol. The molecule has 0 N–H and O–H groups in total. The number of unbranched alkanes of at least 4 members (excludes halogenated alkanes) is 11. The molecule has 158 valence electrons. The summed E-state index contributed by atoms with van der Waals surface area (Å²) in [7, 11) is 0. The summed E-state index contributed by atoms with van der Waals surface area (Å²) in [6.07, 6.45) is 22.4. The van der Waals surface area contributed by atoms with Gasteiger partial charge < -0.3 is 9.47 Å². The van der Waals surface area contributed by atoms with Crippen molar-refractivity contribution in [1.82, 2.24) is 0 Å². The molecule has 2 rings (SSSR count). The van der Waals surface area contributed by atoms with Crippen LogP contribution in [0.3, 0.4) is 0 Å². The minimum Gasteiger partial charge on any atom is -0.491 e. The van der Waals surface area contributed by atoms with Gasteiger partial charge in [0.2, 0.25) is 0 Å². The van der Waals surface area contributed by atoms with Crippen molar-refractivity contribution >= 4 is 0 Å². The molecule has 1 aromatic carbocycles. The molecule has 0 bridgehead atoms. The molecule has 1 atom stereocenters. The van der Waals surface area contributed by atoms with Crippen LogP contribution >= 0.6 is 0 Å². The van der Waals surface area contributed by atoms with Crippen LogP contribution in [0.2, 0.25) is 0 Å². The van der Waals surface area contributed by atoms with Gasteiger partial charge in [-0.15, -0.1) is 0 Å². The molecule has 1 saturated heterocycles. The number of epoxide rings is 1. The summed E-state index contributed by atoms with van der Waals surface area (Å²) in [5.74, 6) is 0.936. The van der Waals surface area contributed by atoms with Crippen molar-refractivity contribution in [3.63, 3.8) is 0 Å². The number of rotatable bonds is 17. The number of allylic oxidation sites excluding steroid dienone is 2. The fraction of sp³-hybridized carbons (Fsp3) is 0.692. The first-order valence-corrected chi connectivity index (χ1v) is 11.7. The van der Waals surface area contributed by atoms with Crippen LogP contribution in [0.4, 0.5) is 0 Å². The van der Waals surface area contributed by atoms with Crippen LogP contribution in [0.5, 0.6) is 5.75 Å². The van der Waals surface area contributed by atoms with Crippen LogP contribution in [0.25, 0.3) is 0 Å². The molecule has 0 aliphatic carbocycles. The third kappa shape index (κ3) is 10.9. The van der Waals surface area contributed by atoms with Crippen LogP contribution in [0, 0.1) is 0 Å². The molecular weight excluding hydrogens is 344 g/mol. The summed E-state index contributed by atoms with van der Waals surface area (Å²) >= 11 is 0. The van der Waals surface area contributed by atoms with Crippen LogP contribution in [0.15, 0.2) is 36.4 Å². The first kappa shape index (κ1) is 23.0. The molecule has 1 fully saturated rings. The van der Waals surface area contributed by atoms with Crippen LogP contribution in [-0.4, -0.2) is 18.8 Å². The van der Waals surface area contributed by atoms with Gasteiger partial charge in [-0.05, 0) is 43.9 Å². The molecule has 1 heterocycles.